The van der Waals surface area contributed by atoms with Gasteiger partial charge in [-0.15, -0.1) is 0 Å². The van der Waals surface area contributed by atoms with Crippen molar-refractivity contribution in [2.75, 3.05) is 46.9 Å². The van der Waals surface area contributed by atoms with Crippen LogP contribution in [0, 0.1) is 5.41 Å². The van der Waals surface area contributed by atoms with Gasteiger partial charge < -0.3 is 20.3 Å². The molecule has 0 radical (unpaired) electrons. The lowest BCUT2D eigenvalue weighted by atomic mass is 9.78. The summed E-state index contributed by atoms with van der Waals surface area (Å²) in [7, 11) is 4.06. The van der Waals surface area contributed by atoms with Gasteiger partial charge >= 0.3 is 0 Å². The predicted molar refractivity (Wildman–Crippen MR) is 76.9 cm³/mol. The molecule has 1 unspecified atom stereocenters. The van der Waals surface area contributed by atoms with E-state index in [1.807, 2.05) is 25.9 Å². The fourth-order valence-corrected chi connectivity index (χ4v) is 2.85. The monoisotopic (exact) mass is 271 g/mol. The van der Waals surface area contributed by atoms with E-state index in [1.165, 1.54) is 0 Å². The van der Waals surface area contributed by atoms with Crippen LogP contribution in [-0.2, 0) is 9.53 Å². The van der Waals surface area contributed by atoms with Crippen molar-refractivity contribution in [2.24, 2.45) is 11.1 Å². The third kappa shape index (κ3) is 3.91. The van der Waals surface area contributed by atoms with Crippen LogP contribution in [0.2, 0.25) is 0 Å². The molecule has 19 heavy (non-hydrogen) atoms. The van der Waals surface area contributed by atoms with Crippen LogP contribution in [0.1, 0.15) is 26.7 Å². The summed E-state index contributed by atoms with van der Waals surface area (Å²) in [5.74, 6) is 0.204. The highest BCUT2D eigenvalue weighted by molar-refractivity contribution is 5.83. The Labute approximate surface area is 117 Å². The molecular formula is C14H29N3O2. The van der Waals surface area contributed by atoms with Gasteiger partial charge in [0.25, 0.3) is 0 Å². The topological polar surface area (TPSA) is 58.8 Å². The Bertz CT molecular complexity index is 288. The summed E-state index contributed by atoms with van der Waals surface area (Å²) >= 11 is 0. The molecule has 1 fully saturated rings. The standard InChI is InChI=1S/C14H29N3O2/c1-5-17(12(2)10-16(3)4)13(18)14(11-15)6-8-19-9-7-14/h12H,5-11,15H2,1-4H3. The van der Waals surface area contributed by atoms with Gasteiger partial charge in [0.2, 0.25) is 5.91 Å². The zero-order valence-electron chi connectivity index (χ0n) is 12.8. The minimum Gasteiger partial charge on any atom is -0.381 e. The first-order valence-corrected chi connectivity index (χ1v) is 7.20. The number of carbonyl (C=O) groups is 1. The van der Waals surface area contributed by atoms with E-state index in [2.05, 4.69) is 11.8 Å². The molecule has 1 rings (SSSR count). The lowest BCUT2D eigenvalue weighted by Crippen LogP contribution is -2.54. The van der Waals surface area contributed by atoms with Crippen molar-refractivity contribution in [3.8, 4) is 0 Å². The first kappa shape index (κ1) is 16.4. The summed E-state index contributed by atoms with van der Waals surface area (Å²) in [6.45, 7) is 7.44. The maximum absolute atomic E-state index is 12.9. The summed E-state index contributed by atoms with van der Waals surface area (Å²) in [5.41, 5.74) is 5.51. The molecular weight excluding hydrogens is 242 g/mol. The number of hydrogen-bond donors (Lipinski definition) is 1. The summed E-state index contributed by atoms with van der Waals surface area (Å²) < 4.78 is 5.38. The Kier molecular flexibility index (Phi) is 6.23. The quantitative estimate of drug-likeness (QED) is 0.766. The Hall–Kier alpha value is -0.650. The molecule has 1 atom stereocenters. The molecule has 0 bridgehead atoms. The molecule has 112 valence electrons. The van der Waals surface area contributed by atoms with Crippen molar-refractivity contribution in [1.29, 1.82) is 0 Å². The van der Waals surface area contributed by atoms with Crippen molar-refractivity contribution >= 4 is 5.91 Å². The predicted octanol–water partition coefficient (Wildman–Crippen LogP) is 0.541. The number of carbonyl (C=O) groups excluding carboxylic acids is 1. The number of nitrogens with zero attached hydrogens (tertiary/aromatic N) is 2. The molecule has 0 aromatic rings. The van der Waals surface area contributed by atoms with Crippen LogP contribution in [0.3, 0.4) is 0 Å². The van der Waals surface area contributed by atoms with Gasteiger partial charge in [0.15, 0.2) is 0 Å². The Morgan fingerprint density at radius 2 is 1.95 bits per heavy atom. The van der Waals surface area contributed by atoms with E-state index >= 15 is 0 Å². The van der Waals surface area contributed by atoms with Crippen molar-refractivity contribution in [3.63, 3.8) is 0 Å². The SMILES string of the molecule is CCN(C(=O)C1(CN)CCOCC1)C(C)CN(C)C. The third-order valence-corrected chi connectivity index (χ3v) is 4.06. The van der Waals surface area contributed by atoms with Gasteiger partial charge in [0.05, 0.1) is 5.41 Å². The normalized spacial score (nSPS) is 20.3. The van der Waals surface area contributed by atoms with Gasteiger partial charge in [-0.05, 0) is 40.8 Å². The smallest absolute Gasteiger partial charge is 0.230 e. The molecule has 0 aromatic carbocycles. The van der Waals surface area contributed by atoms with Gasteiger partial charge in [0, 0.05) is 38.9 Å². The fraction of sp³-hybridized carbons (Fsp3) is 0.929. The number of hydrogen-bond acceptors (Lipinski definition) is 4. The van der Waals surface area contributed by atoms with E-state index in [4.69, 9.17) is 10.5 Å². The van der Waals surface area contributed by atoms with E-state index in [-0.39, 0.29) is 11.9 Å². The Morgan fingerprint density at radius 3 is 2.37 bits per heavy atom. The molecule has 0 aromatic heterocycles. The third-order valence-electron chi connectivity index (χ3n) is 4.06. The minimum absolute atomic E-state index is 0.204. The summed E-state index contributed by atoms with van der Waals surface area (Å²) in [5, 5.41) is 0. The van der Waals surface area contributed by atoms with E-state index in [0.717, 1.165) is 25.9 Å². The van der Waals surface area contributed by atoms with Gasteiger partial charge in [-0.3, -0.25) is 4.79 Å². The van der Waals surface area contributed by atoms with Crippen LogP contribution >= 0.6 is 0 Å². The summed E-state index contributed by atoms with van der Waals surface area (Å²) in [6.07, 6.45) is 1.49. The van der Waals surface area contributed by atoms with Crippen LogP contribution in [0.15, 0.2) is 0 Å². The number of nitrogens with two attached hydrogens (primary N) is 1. The highest BCUT2D eigenvalue weighted by atomic mass is 16.5. The van der Waals surface area contributed by atoms with Crippen LogP contribution in [0.25, 0.3) is 0 Å². The summed E-state index contributed by atoms with van der Waals surface area (Å²) in [6, 6.07) is 0.207. The maximum Gasteiger partial charge on any atom is 0.230 e. The molecule has 1 aliphatic rings. The molecule has 5 nitrogen and oxygen atoms in total. The van der Waals surface area contributed by atoms with E-state index in [1.54, 1.807) is 0 Å². The van der Waals surface area contributed by atoms with Gasteiger partial charge in [-0.25, -0.2) is 0 Å². The molecule has 0 aliphatic carbocycles. The Balaban J connectivity index is 2.80. The summed E-state index contributed by atoms with van der Waals surface area (Å²) in [4.78, 5) is 17.0. The molecule has 0 saturated carbocycles. The second kappa shape index (κ2) is 7.22. The van der Waals surface area contributed by atoms with E-state index < -0.39 is 5.41 Å². The number of rotatable bonds is 6. The van der Waals surface area contributed by atoms with Crippen molar-refractivity contribution in [2.45, 2.75) is 32.7 Å². The van der Waals surface area contributed by atoms with E-state index in [9.17, 15) is 4.79 Å². The zero-order chi connectivity index (χ0) is 14.5. The second-order valence-corrected chi connectivity index (χ2v) is 5.80. The lowest BCUT2D eigenvalue weighted by Gasteiger charge is -2.41. The largest absolute Gasteiger partial charge is 0.381 e. The first-order chi connectivity index (χ1) is 8.96. The Morgan fingerprint density at radius 1 is 1.37 bits per heavy atom. The molecule has 1 saturated heterocycles. The van der Waals surface area contributed by atoms with Crippen molar-refractivity contribution in [3.05, 3.63) is 0 Å². The van der Waals surface area contributed by atoms with Crippen molar-refractivity contribution in [1.82, 2.24) is 9.80 Å². The number of ether oxygens (including phenoxy) is 1. The van der Waals surface area contributed by atoms with Gasteiger partial charge in [-0.2, -0.15) is 0 Å². The molecule has 5 heteroatoms. The molecule has 1 amide bonds. The molecule has 2 N–H and O–H groups in total. The number of likely N-dealkylation sites (N-methyl/N-ethyl adjacent to an activating group) is 2. The first-order valence-electron chi connectivity index (χ1n) is 7.20. The van der Waals surface area contributed by atoms with Gasteiger partial charge in [-0.1, -0.05) is 0 Å². The highest BCUT2D eigenvalue weighted by Crippen LogP contribution is 2.32. The molecule has 1 aliphatic heterocycles. The van der Waals surface area contributed by atoms with Gasteiger partial charge in [0.1, 0.15) is 0 Å². The average molecular weight is 271 g/mol. The van der Waals surface area contributed by atoms with E-state index in [0.29, 0.717) is 19.8 Å². The van der Waals surface area contributed by atoms with Crippen LogP contribution in [-0.4, -0.2) is 68.7 Å². The van der Waals surface area contributed by atoms with Crippen molar-refractivity contribution < 1.29 is 9.53 Å². The second-order valence-electron chi connectivity index (χ2n) is 5.80. The molecule has 0 spiro atoms. The van der Waals surface area contributed by atoms with Crippen LogP contribution in [0.4, 0.5) is 0 Å². The zero-order valence-corrected chi connectivity index (χ0v) is 12.8. The molecule has 1 heterocycles. The van der Waals surface area contributed by atoms with Crippen LogP contribution in [0.5, 0.6) is 0 Å². The average Bonchev–Trinajstić information content (AvgIpc) is 2.39. The minimum atomic E-state index is -0.408. The maximum atomic E-state index is 12.9. The van der Waals surface area contributed by atoms with Crippen LogP contribution < -0.4 is 5.73 Å². The lowest BCUT2D eigenvalue weighted by molar-refractivity contribution is -0.149. The highest BCUT2D eigenvalue weighted by Gasteiger charge is 2.42. The number of amides is 1. The fourth-order valence-electron chi connectivity index (χ4n) is 2.85.